The van der Waals surface area contributed by atoms with E-state index in [2.05, 4.69) is 5.32 Å². The molecule has 2 N–H and O–H groups in total. The maximum Gasteiger partial charge on any atom is 0.322 e. The lowest BCUT2D eigenvalue weighted by Gasteiger charge is -2.34. The summed E-state index contributed by atoms with van der Waals surface area (Å²) in [6.07, 6.45) is 0.391. The number of aliphatic carboxylic acids is 1. The minimum absolute atomic E-state index is 0.00446. The van der Waals surface area contributed by atoms with Crippen molar-refractivity contribution in [2.45, 2.75) is 18.9 Å². The Balaban J connectivity index is 2.63. The standard InChI is InChI=1S/C13H19N5O3/c14-3-1-6-17(7-2-4-15)12(19)10-18-8-5-16-9-11(18)13(20)21/h11,16H,1-2,5-10H2,(H,20,21). The number of carbonyl (C=O) groups is 2. The van der Waals surface area contributed by atoms with Crippen LogP contribution in [0, 0.1) is 22.7 Å². The fourth-order valence-electron chi connectivity index (χ4n) is 2.18. The van der Waals surface area contributed by atoms with E-state index in [1.54, 1.807) is 4.90 Å². The molecule has 1 atom stereocenters. The first kappa shape index (κ1) is 16.9. The molecule has 0 aromatic rings. The second-order valence-electron chi connectivity index (χ2n) is 4.73. The van der Waals surface area contributed by atoms with Gasteiger partial charge in [-0.15, -0.1) is 0 Å². The molecule has 1 rings (SSSR count). The van der Waals surface area contributed by atoms with Crippen LogP contribution in [0.4, 0.5) is 0 Å². The number of rotatable bonds is 7. The normalized spacial score (nSPS) is 18.5. The summed E-state index contributed by atoms with van der Waals surface area (Å²) in [5, 5.41) is 29.4. The number of carboxylic acid groups (broad SMARTS) is 1. The van der Waals surface area contributed by atoms with E-state index in [1.807, 2.05) is 12.1 Å². The molecule has 0 aliphatic carbocycles. The molecular formula is C13H19N5O3. The molecule has 1 unspecified atom stereocenters. The molecule has 0 aromatic heterocycles. The van der Waals surface area contributed by atoms with Gasteiger partial charge < -0.3 is 15.3 Å². The van der Waals surface area contributed by atoms with E-state index in [0.29, 0.717) is 19.6 Å². The summed E-state index contributed by atoms with van der Waals surface area (Å²) in [6.45, 7) is 1.94. The van der Waals surface area contributed by atoms with E-state index in [-0.39, 0.29) is 38.4 Å². The summed E-state index contributed by atoms with van der Waals surface area (Å²) in [5.74, 6) is -1.20. The molecule has 8 heteroatoms. The second kappa shape index (κ2) is 8.90. The maximum atomic E-state index is 12.2. The molecule has 0 aromatic carbocycles. The molecular weight excluding hydrogens is 274 g/mol. The first-order valence-electron chi connectivity index (χ1n) is 6.79. The topological polar surface area (TPSA) is 120 Å². The van der Waals surface area contributed by atoms with E-state index >= 15 is 0 Å². The minimum atomic E-state index is -0.962. The van der Waals surface area contributed by atoms with Gasteiger partial charge in [0.05, 0.1) is 31.5 Å². The Morgan fingerprint density at radius 1 is 1.29 bits per heavy atom. The Kier molecular flexibility index (Phi) is 7.16. The molecule has 0 bridgehead atoms. The zero-order valence-electron chi connectivity index (χ0n) is 11.8. The number of hydrogen-bond acceptors (Lipinski definition) is 6. The summed E-state index contributed by atoms with van der Waals surface area (Å²) in [4.78, 5) is 26.5. The SMILES string of the molecule is N#CCCN(CCC#N)C(=O)CN1CCNCC1C(=O)O. The first-order chi connectivity index (χ1) is 10.1. The van der Waals surface area contributed by atoms with Crippen molar-refractivity contribution in [2.24, 2.45) is 0 Å². The lowest BCUT2D eigenvalue weighted by molar-refractivity contribution is -0.145. The Morgan fingerprint density at radius 3 is 2.43 bits per heavy atom. The zero-order valence-corrected chi connectivity index (χ0v) is 11.8. The molecule has 1 aliphatic heterocycles. The third-order valence-electron chi connectivity index (χ3n) is 3.32. The molecule has 21 heavy (non-hydrogen) atoms. The number of carbonyl (C=O) groups excluding carboxylic acids is 1. The number of amides is 1. The molecule has 0 spiro atoms. The Labute approximate surface area is 123 Å². The van der Waals surface area contributed by atoms with E-state index in [9.17, 15) is 9.59 Å². The van der Waals surface area contributed by atoms with Crippen molar-refractivity contribution in [1.82, 2.24) is 15.1 Å². The van der Waals surface area contributed by atoms with Crippen LogP contribution < -0.4 is 5.32 Å². The number of hydrogen-bond donors (Lipinski definition) is 2. The number of nitrogens with zero attached hydrogens (tertiary/aromatic N) is 4. The Bertz CT molecular complexity index is 436. The summed E-state index contributed by atoms with van der Waals surface area (Å²) >= 11 is 0. The van der Waals surface area contributed by atoms with Crippen molar-refractivity contribution < 1.29 is 14.7 Å². The average Bonchev–Trinajstić information content (AvgIpc) is 2.47. The fraction of sp³-hybridized carbons (Fsp3) is 0.692. The Morgan fingerprint density at radius 2 is 1.90 bits per heavy atom. The highest BCUT2D eigenvalue weighted by Gasteiger charge is 2.30. The van der Waals surface area contributed by atoms with Crippen molar-refractivity contribution in [3.05, 3.63) is 0 Å². The largest absolute Gasteiger partial charge is 0.480 e. The molecule has 8 nitrogen and oxygen atoms in total. The third-order valence-corrected chi connectivity index (χ3v) is 3.32. The van der Waals surface area contributed by atoms with Crippen LogP contribution in [0.3, 0.4) is 0 Å². The van der Waals surface area contributed by atoms with Crippen LogP contribution >= 0.6 is 0 Å². The van der Waals surface area contributed by atoms with E-state index in [1.165, 1.54) is 4.90 Å². The Hall–Kier alpha value is -2.16. The minimum Gasteiger partial charge on any atom is -0.480 e. The highest BCUT2D eigenvalue weighted by Crippen LogP contribution is 2.05. The molecule has 1 fully saturated rings. The molecule has 0 radical (unpaired) electrons. The summed E-state index contributed by atoms with van der Waals surface area (Å²) in [7, 11) is 0. The van der Waals surface area contributed by atoms with Gasteiger partial charge in [-0.1, -0.05) is 0 Å². The van der Waals surface area contributed by atoms with Crippen molar-refractivity contribution in [3.63, 3.8) is 0 Å². The predicted molar refractivity (Wildman–Crippen MR) is 72.9 cm³/mol. The van der Waals surface area contributed by atoms with Gasteiger partial charge in [0.2, 0.25) is 5.91 Å². The van der Waals surface area contributed by atoms with Gasteiger partial charge in [0.15, 0.2) is 0 Å². The van der Waals surface area contributed by atoms with Gasteiger partial charge >= 0.3 is 5.97 Å². The van der Waals surface area contributed by atoms with E-state index in [0.717, 1.165) is 0 Å². The van der Waals surface area contributed by atoms with Crippen LogP contribution in [0.25, 0.3) is 0 Å². The highest BCUT2D eigenvalue weighted by atomic mass is 16.4. The molecule has 1 saturated heterocycles. The van der Waals surface area contributed by atoms with Gasteiger partial charge in [0.25, 0.3) is 0 Å². The van der Waals surface area contributed by atoms with Gasteiger partial charge in [-0.2, -0.15) is 10.5 Å². The van der Waals surface area contributed by atoms with Crippen molar-refractivity contribution in [1.29, 1.82) is 10.5 Å². The number of nitriles is 2. The average molecular weight is 293 g/mol. The molecule has 0 saturated carbocycles. The van der Waals surface area contributed by atoms with Gasteiger partial charge in [-0.25, -0.2) is 0 Å². The smallest absolute Gasteiger partial charge is 0.322 e. The van der Waals surface area contributed by atoms with Gasteiger partial charge in [-0.05, 0) is 0 Å². The quantitative estimate of drug-likeness (QED) is 0.617. The predicted octanol–water partition coefficient (Wildman–Crippen LogP) is -0.999. The van der Waals surface area contributed by atoms with E-state index in [4.69, 9.17) is 15.6 Å². The van der Waals surface area contributed by atoms with Crippen molar-refractivity contribution in [2.75, 3.05) is 39.3 Å². The second-order valence-corrected chi connectivity index (χ2v) is 4.73. The van der Waals surface area contributed by atoms with Crippen LogP contribution in [0.5, 0.6) is 0 Å². The first-order valence-corrected chi connectivity index (χ1v) is 6.79. The lowest BCUT2D eigenvalue weighted by atomic mass is 10.2. The van der Waals surface area contributed by atoms with Gasteiger partial charge in [0, 0.05) is 32.7 Å². The number of nitrogens with one attached hydrogen (secondary N) is 1. The van der Waals surface area contributed by atoms with Crippen LogP contribution in [0.15, 0.2) is 0 Å². The lowest BCUT2D eigenvalue weighted by Crippen LogP contribution is -2.57. The number of carboxylic acids is 1. The van der Waals surface area contributed by atoms with Crippen molar-refractivity contribution in [3.8, 4) is 12.1 Å². The third kappa shape index (κ3) is 5.38. The van der Waals surface area contributed by atoms with Gasteiger partial charge in [0.1, 0.15) is 6.04 Å². The maximum absolute atomic E-state index is 12.2. The van der Waals surface area contributed by atoms with Gasteiger partial charge in [-0.3, -0.25) is 14.5 Å². The number of piperazine rings is 1. The summed E-state index contributed by atoms with van der Waals surface area (Å²) in [5.41, 5.74) is 0. The van der Waals surface area contributed by atoms with Crippen LogP contribution in [0.2, 0.25) is 0 Å². The fourth-order valence-corrected chi connectivity index (χ4v) is 2.18. The molecule has 1 aliphatic rings. The molecule has 1 heterocycles. The van der Waals surface area contributed by atoms with Crippen molar-refractivity contribution >= 4 is 11.9 Å². The molecule has 114 valence electrons. The van der Waals surface area contributed by atoms with Crippen LogP contribution in [-0.2, 0) is 9.59 Å². The van der Waals surface area contributed by atoms with E-state index < -0.39 is 12.0 Å². The van der Waals surface area contributed by atoms with Crippen LogP contribution in [0.1, 0.15) is 12.8 Å². The summed E-state index contributed by atoms with van der Waals surface area (Å²) < 4.78 is 0. The molecule has 1 amide bonds. The highest BCUT2D eigenvalue weighted by molar-refractivity contribution is 5.80. The monoisotopic (exact) mass is 293 g/mol. The van der Waals surface area contributed by atoms with Crippen LogP contribution in [-0.4, -0.2) is 72.1 Å². The summed E-state index contributed by atoms with van der Waals surface area (Å²) in [6, 6.07) is 3.21. The zero-order chi connectivity index (χ0) is 15.7.